The Kier molecular flexibility index (Phi) is 3.97. The second kappa shape index (κ2) is 5.65. The molecule has 0 spiro atoms. The fraction of sp³-hybridized carbons (Fsp3) is 0.200. The maximum atomic E-state index is 13.1. The Hall–Kier alpha value is -1.43. The molecule has 3 rings (SSSR count). The molecular weight excluding hydrogens is 345 g/mol. The number of para-hydroxylation sites is 2. The van der Waals surface area contributed by atoms with E-state index in [1.807, 2.05) is 0 Å². The zero-order chi connectivity index (χ0) is 15.9. The number of fused-ring (bicyclic) bond motifs is 1. The van der Waals surface area contributed by atoms with Crippen LogP contribution in [0.1, 0.15) is 6.92 Å². The molecule has 1 aliphatic heterocycles. The predicted octanol–water partition coefficient (Wildman–Crippen LogP) is 3.97. The molecule has 7 heteroatoms. The third kappa shape index (κ3) is 2.53. The van der Waals surface area contributed by atoms with Gasteiger partial charge in [0.25, 0.3) is 10.0 Å². The normalized spacial score (nSPS) is 17.8. The van der Waals surface area contributed by atoms with E-state index < -0.39 is 10.0 Å². The summed E-state index contributed by atoms with van der Waals surface area (Å²) in [4.78, 5) is -0.00906. The predicted molar refractivity (Wildman–Crippen MR) is 87.5 cm³/mol. The number of benzene rings is 2. The lowest BCUT2D eigenvalue weighted by Crippen LogP contribution is -2.45. The first-order valence-corrected chi connectivity index (χ1v) is 8.82. The summed E-state index contributed by atoms with van der Waals surface area (Å²) in [5.74, 6) is 0.530. The van der Waals surface area contributed by atoms with Crippen LogP contribution >= 0.6 is 23.2 Å². The van der Waals surface area contributed by atoms with Gasteiger partial charge in [0.2, 0.25) is 0 Å². The first kappa shape index (κ1) is 15.5. The summed E-state index contributed by atoms with van der Waals surface area (Å²) in [7, 11) is -3.84. The molecule has 2 aromatic rings. The van der Waals surface area contributed by atoms with Crippen LogP contribution in [0.3, 0.4) is 0 Å². The number of hydrogen-bond acceptors (Lipinski definition) is 3. The third-order valence-corrected chi connectivity index (χ3v) is 6.06. The molecule has 1 aliphatic rings. The van der Waals surface area contributed by atoms with Crippen molar-refractivity contribution in [1.29, 1.82) is 0 Å². The number of rotatable bonds is 2. The van der Waals surface area contributed by atoms with Gasteiger partial charge in [-0.25, -0.2) is 8.42 Å². The Morgan fingerprint density at radius 3 is 2.68 bits per heavy atom. The standard InChI is InChI=1S/C15H13Cl2NO3S/c1-10-9-21-14-5-3-2-4-13(14)18(10)22(19,20)15-8-11(16)6-7-12(15)17/h2-8,10H,9H2,1H3. The first-order valence-electron chi connectivity index (χ1n) is 6.62. The third-order valence-electron chi connectivity index (χ3n) is 3.41. The Morgan fingerprint density at radius 2 is 1.91 bits per heavy atom. The second-order valence-corrected chi connectivity index (χ2v) is 7.63. The minimum absolute atomic E-state index is 0.00906. The fourth-order valence-electron chi connectivity index (χ4n) is 2.42. The molecule has 0 aromatic heterocycles. The maximum Gasteiger partial charge on any atom is 0.266 e. The summed E-state index contributed by atoms with van der Waals surface area (Å²) in [6, 6.07) is 11.1. The highest BCUT2D eigenvalue weighted by Crippen LogP contribution is 2.39. The van der Waals surface area contributed by atoms with Crippen molar-refractivity contribution in [3.05, 3.63) is 52.5 Å². The Bertz CT molecular complexity index is 823. The number of anilines is 1. The zero-order valence-corrected chi connectivity index (χ0v) is 14.0. The summed E-state index contributed by atoms with van der Waals surface area (Å²) in [6.45, 7) is 2.06. The Morgan fingerprint density at radius 1 is 1.18 bits per heavy atom. The van der Waals surface area contributed by atoms with E-state index in [1.54, 1.807) is 37.3 Å². The lowest BCUT2D eigenvalue weighted by Gasteiger charge is -2.35. The van der Waals surface area contributed by atoms with Crippen molar-refractivity contribution in [3.8, 4) is 5.75 Å². The van der Waals surface area contributed by atoms with E-state index in [9.17, 15) is 8.42 Å². The van der Waals surface area contributed by atoms with E-state index in [0.29, 0.717) is 16.5 Å². The van der Waals surface area contributed by atoms with Crippen molar-refractivity contribution in [2.45, 2.75) is 17.9 Å². The molecule has 0 saturated heterocycles. The fourth-order valence-corrected chi connectivity index (χ4v) is 4.82. The monoisotopic (exact) mass is 357 g/mol. The number of sulfonamides is 1. The van der Waals surface area contributed by atoms with E-state index in [2.05, 4.69) is 0 Å². The number of hydrogen-bond donors (Lipinski definition) is 0. The molecule has 0 saturated carbocycles. The summed E-state index contributed by atoms with van der Waals surface area (Å²) in [5.41, 5.74) is 0.497. The smallest absolute Gasteiger partial charge is 0.266 e. The van der Waals surface area contributed by atoms with Crippen LogP contribution < -0.4 is 9.04 Å². The van der Waals surface area contributed by atoms with E-state index in [4.69, 9.17) is 27.9 Å². The highest BCUT2D eigenvalue weighted by molar-refractivity contribution is 7.93. The van der Waals surface area contributed by atoms with Gasteiger partial charge < -0.3 is 4.74 Å². The van der Waals surface area contributed by atoms with E-state index in [0.717, 1.165) is 0 Å². The van der Waals surface area contributed by atoms with Gasteiger partial charge in [-0.2, -0.15) is 0 Å². The highest BCUT2D eigenvalue weighted by atomic mass is 35.5. The Balaban J connectivity index is 2.19. The van der Waals surface area contributed by atoms with E-state index in [1.165, 1.54) is 16.4 Å². The van der Waals surface area contributed by atoms with Crippen LogP contribution in [0.5, 0.6) is 5.75 Å². The summed E-state index contributed by atoms with van der Waals surface area (Å²) >= 11 is 12.0. The average molecular weight is 358 g/mol. The van der Waals surface area contributed by atoms with Gasteiger partial charge in [-0.05, 0) is 37.3 Å². The van der Waals surface area contributed by atoms with Crippen LogP contribution in [0, 0.1) is 0 Å². The van der Waals surface area contributed by atoms with Gasteiger partial charge in [0.15, 0.2) is 0 Å². The molecule has 0 N–H and O–H groups in total. The molecule has 116 valence electrons. The second-order valence-electron chi connectivity index (χ2n) is 5.00. The van der Waals surface area contributed by atoms with Gasteiger partial charge >= 0.3 is 0 Å². The molecule has 2 aromatic carbocycles. The average Bonchev–Trinajstić information content (AvgIpc) is 2.49. The quantitative estimate of drug-likeness (QED) is 0.816. The maximum absolute atomic E-state index is 13.1. The highest BCUT2D eigenvalue weighted by Gasteiger charge is 2.36. The largest absolute Gasteiger partial charge is 0.489 e. The van der Waals surface area contributed by atoms with Crippen LogP contribution in [-0.2, 0) is 10.0 Å². The molecular formula is C15H13Cl2NO3S. The minimum atomic E-state index is -3.84. The lowest BCUT2D eigenvalue weighted by molar-refractivity contribution is 0.281. The Labute approximate surface area is 139 Å². The molecule has 0 fully saturated rings. The molecule has 22 heavy (non-hydrogen) atoms. The SMILES string of the molecule is CC1COc2ccccc2N1S(=O)(=O)c1cc(Cl)ccc1Cl. The number of nitrogens with zero attached hydrogens (tertiary/aromatic N) is 1. The molecule has 0 amide bonds. The van der Waals surface area contributed by atoms with Crippen molar-refractivity contribution in [3.63, 3.8) is 0 Å². The van der Waals surface area contributed by atoms with Gasteiger partial charge in [0.1, 0.15) is 17.3 Å². The van der Waals surface area contributed by atoms with Gasteiger partial charge in [-0.15, -0.1) is 0 Å². The molecule has 0 bridgehead atoms. The zero-order valence-electron chi connectivity index (χ0n) is 11.7. The van der Waals surface area contributed by atoms with Gasteiger partial charge in [0.05, 0.1) is 16.8 Å². The summed E-state index contributed by atoms with van der Waals surface area (Å²) in [5, 5.41) is 0.456. The molecule has 1 heterocycles. The lowest BCUT2D eigenvalue weighted by atomic mass is 10.2. The van der Waals surface area contributed by atoms with Crippen molar-refractivity contribution in [2.75, 3.05) is 10.9 Å². The van der Waals surface area contributed by atoms with Gasteiger partial charge in [-0.3, -0.25) is 4.31 Å². The minimum Gasteiger partial charge on any atom is -0.489 e. The van der Waals surface area contributed by atoms with Crippen LogP contribution in [-0.4, -0.2) is 21.1 Å². The molecule has 4 nitrogen and oxygen atoms in total. The van der Waals surface area contributed by atoms with Gasteiger partial charge in [0, 0.05) is 5.02 Å². The van der Waals surface area contributed by atoms with Crippen molar-refractivity contribution in [1.82, 2.24) is 0 Å². The molecule has 1 unspecified atom stereocenters. The molecule has 0 radical (unpaired) electrons. The number of halogens is 2. The van der Waals surface area contributed by atoms with Crippen molar-refractivity contribution < 1.29 is 13.2 Å². The molecule has 0 aliphatic carbocycles. The first-order chi connectivity index (χ1) is 10.4. The topological polar surface area (TPSA) is 46.6 Å². The van der Waals surface area contributed by atoms with E-state index >= 15 is 0 Å². The van der Waals surface area contributed by atoms with Crippen LogP contribution in [0.4, 0.5) is 5.69 Å². The van der Waals surface area contributed by atoms with Crippen molar-refractivity contribution >= 4 is 38.9 Å². The van der Waals surface area contributed by atoms with E-state index in [-0.39, 0.29) is 22.6 Å². The van der Waals surface area contributed by atoms with Crippen LogP contribution in [0.25, 0.3) is 0 Å². The molecule has 1 atom stereocenters. The summed E-state index contributed by atoms with van der Waals surface area (Å²) in [6.07, 6.45) is 0. The van der Waals surface area contributed by atoms with Crippen LogP contribution in [0.15, 0.2) is 47.4 Å². The van der Waals surface area contributed by atoms with Crippen molar-refractivity contribution in [2.24, 2.45) is 0 Å². The summed E-state index contributed by atoms with van der Waals surface area (Å²) < 4.78 is 33.0. The number of ether oxygens (including phenoxy) is 1. The van der Waals surface area contributed by atoms with Gasteiger partial charge in [-0.1, -0.05) is 35.3 Å². The van der Waals surface area contributed by atoms with Crippen LogP contribution in [0.2, 0.25) is 10.0 Å².